The lowest BCUT2D eigenvalue weighted by Gasteiger charge is -2.32. The summed E-state index contributed by atoms with van der Waals surface area (Å²) < 4.78 is 4.93. The Balaban J connectivity index is 2.31. The molecule has 1 aliphatic rings. The molecular formula is C12H23N3O3. The molecule has 0 saturated carbocycles. The van der Waals surface area contributed by atoms with Crippen molar-refractivity contribution in [2.24, 2.45) is 5.73 Å². The minimum atomic E-state index is -0.437. The van der Waals surface area contributed by atoms with Gasteiger partial charge in [0.05, 0.1) is 12.6 Å². The SMILES string of the molecule is CCOC(=O)N1CCC(NC(=O)[C@H](N)CC)CC1. The third kappa shape index (κ3) is 4.18. The van der Waals surface area contributed by atoms with Crippen molar-refractivity contribution >= 4 is 12.0 Å². The predicted molar refractivity (Wildman–Crippen MR) is 68.0 cm³/mol. The number of nitrogens with one attached hydrogen (secondary N) is 1. The Labute approximate surface area is 108 Å². The normalized spacial score (nSPS) is 18.3. The number of amides is 2. The van der Waals surface area contributed by atoms with Gasteiger partial charge in [-0.2, -0.15) is 0 Å². The highest BCUT2D eigenvalue weighted by atomic mass is 16.6. The molecule has 18 heavy (non-hydrogen) atoms. The van der Waals surface area contributed by atoms with Crippen LogP contribution in [0.15, 0.2) is 0 Å². The monoisotopic (exact) mass is 257 g/mol. The van der Waals surface area contributed by atoms with E-state index in [1.165, 1.54) is 0 Å². The van der Waals surface area contributed by atoms with Gasteiger partial charge in [-0.15, -0.1) is 0 Å². The average Bonchev–Trinajstić information content (AvgIpc) is 2.38. The molecule has 1 atom stereocenters. The van der Waals surface area contributed by atoms with Crippen LogP contribution < -0.4 is 11.1 Å². The van der Waals surface area contributed by atoms with Gasteiger partial charge in [0.15, 0.2) is 0 Å². The maximum atomic E-state index is 11.6. The lowest BCUT2D eigenvalue weighted by Crippen LogP contribution is -2.50. The summed E-state index contributed by atoms with van der Waals surface area (Å²) in [5.74, 6) is -0.105. The second-order valence-electron chi connectivity index (χ2n) is 4.48. The summed E-state index contributed by atoms with van der Waals surface area (Å²) in [5, 5.41) is 2.92. The number of nitrogens with two attached hydrogens (primary N) is 1. The largest absolute Gasteiger partial charge is 0.450 e. The molecule has 0 spiro atoms. The van der Waals surface area contributed by atoms with E-state index in [0.717, 1.165) is 12.8 Å². The summed E-state index contributed by atoms with van der Waals surface area (Å²) in [4.78, 5) is 24.8. The van der Waals surface area contributed by atoms with Crippen LogP contribution in [-0.4, -0.2) is 48.7 Å². The molecule has 0 radical (unpaired) electrons. The zero-order valence-corrected chi connectivity index (χ0v) is 11.1. The van der Waals surface area contributed by atoms with E-state index in [-0.39, 0.29) is 18.0 Å². The minimum Gasteiger partial charge on any atom is -0.450 e. The molecule has 0 aromatic rings. The Morgan fingerprint density at radius 2 is 2.00 bits per heavy atom. The standard InChI is InChI=1S/C12H23N3O3/c1-3-10(13)11(16)14-9-5-7-15(8-6-9)12(17)18-4-2/h9-10H,3-8,13H2,1-2H3,(H,14,16)/t10-/m1/s1. The van der Waals surface area contributed by atoms with Gasteiger partial charge < -0.3 is 20.7 Å². The van der Waals surface area contributed by atoms with Gasteiger partial charge in [-0.25, -0.2) is 4.79 Å². The van der Waals surface area contributed by atoms with E-state index in [0.29, 0.717) is 26.1 Å². The molecule has 0 bridgehead atoms. The maximum absolute atomic E-state index is 11.6. The summed E-state index contributed by atoms with van der Waals surface area (Å²) in [5.41, 5.74) is 5.65. The van der Waals surface area contributed by atoms with Crippen molar-refractivity contribution in [1.29, 1.82) is 0 Å². The van der Waals surface area contributed by atoms with Crippen LogP contribution in [0.3, 0.4) is 0 Å². The van der Waals surface area contributed by atoms with Crippen molar-refractivity contribution in [2.75, 3.05) is 19.7 Å². The smallest absolute Gasteiger partial charge is 0.409 e. The summed E-state index contributed by atoms with van der Waals surface area (Å²) in [7, 11) is 0. The predicted octanol–water partition coefficient (Wildman–Crippen LogP) is 0.461. The molecule has 1 heterocycles. The van der Waals surface area contributed by atoms with Crippen molar-refractivity contribution < 1.29 is 14.3 Å². The number of hydrogen-bond donors (Lipinski definition) is 2. The molecule has 0 aromatic carbocycles. The van der Waals surface area contributed by atoms with E-state index in [4.69, 9.17) is 10.5 Å². The molecule has 1 aliphatic heterocycles. The highest BCUT2D eigenvalue weighted by molar-refractivity contribution is 5.81. The first-order valence-corrected chi connectivity index (χ1v) is 6.56. The lowest BCUT2D eigenvalue weighted by atomic mass is 10.0. The fourth-order valence-corrected chi connectivity index (χ4v) is 1.91. The van der Waals surface area contributed by atoms with Crippen molar-refractivity contribution in [3.05, 3.63) is 0 Å². The first kappa shape index (κ1) is 14.8. The van der Waals surface area contributed by atoms with Crippen molar-refractivity contribution in [3.8, 4) is 0 Å². The number of rotatable bonds is 4. The Kier molecular flexibility index (Phi) is 5.91. The van der Waals surface area contributed by atoms with Gasteiger partial charge in [-0.05, 0) is 26.2 Å². The number of likely N-dealkylation sites (tertiary alicyclic amines) is 1. The van der Waals surface area contributed by atoms with Crippen LogP contribution in [0.5, 0.6) is 0 Å². The first-order valence-electron chi connectivity index (χ1n) is 6.56. The fraction of sp³-hybridized carbons (Fsp3) is 0.833. The van der Waals surface area contributed by atoms with Crippen molar-refractivity contribution in [3.63, 3.8) is 0 Å². The van der Waals surface area contributed by atoms with Gasteiger partial charge in [0, 0.05) is 19.1 Å². The number of nitrogens with zero attached hydrogens (tertiary/aromatic N) is 1. The maximum Gasteiger partial charge on any atom is 0.409 e. The van der Waals surface area contributed by atoms with Crippen LogP contribution in [0.25, 0.3) is 0 Å². The molecule has 0 aromatic heterocycles. The zero-order valence-electron chi connectivity index (χ0n) is 11.1. The number of piperidine rings is 1. The van der Waals surface area contributed by atoms with Crippen LogP contribution in [0, 0.1) is 0 Å². The van der Waals surface area contributed by atoms with Crippen LogP contribution in [-0.2, 0) is 9.53 Å². The highest BCUT2D eigenvalue weighted by Crippen LogP contribution is 2.11. The molecule has 6 nitrogen and oxygen atoms in total. The Morgan fingerprint density at radius 3 is 2.50 bits per heavy atom. The van der Waals surface area contributed by atoms with E-state index in [1.807, 2.05) is 6.92 Å². The number of carbonyl (C=O) groups excluding carboxylic acids is 2. The van der Waals surface area contributed by atoms with Gasteiger partial charge in [0.25, 0.3) is 0 Å². The van der Waals surface area contributed by atoms with E-state index in [2.05, 4.69) is 5.32 Å². The third-order valence-electron chi connectivity index (χ3n) is 3.14. The van der Waals surface area contributed by atoms with Crippen molar-refractivity contribution in [2.45, 2.75) is 45.2 Å². The fourth-order valence-electron chi connectivity index (χ4n) is 1.91. The van der Waals surface area contributed by atoms with Crippen LogP contribution >= 0.6 is 0 Å². The molecule has 1 saturated heterocycles. The summed E-state index contributed by atoms with van der Waals surface area (Å²) >= 11 is 0. The summed E-state index contributed by atoms with van der Waals surface area (Å²) in [6.07, 6.45) is 1.86. The molecule has 0 aliphatic carbocycles. The zero-order chi connectivity index (χ0) is 13.5. The number of carbonyl (C=O) groups is 2. The van der Waals surface area contributed by atoms with Gasteiger partial charge in [-0.1, -0.05) is 6.92 Å². The molecule has 2 amide bonds. The van der Waals surface area contributed by atoms with E-state index in [1.54, 1.807) is 11.8 Å². The third-order valence-corrected chi connectivity index (χ3v) is 3.14. The number of hydrogen-bond acceptors (Lipinski definition) is 4. The Morgan fingerprint density at radius 1 is 1.39 bits per heavy atom. The molecule has 104 valence electrons. The van der Waals surface area contributed by atoms with Crippen LogP contribution in [0.2, 0.25) is 0 Å². The van der Waals surface area contributed by atoms with E-state index in [9.17, 15) is 9.59 Å². The van der Waals surface area contributed by atoms with Gasteiger partial charge in [-0.3, -0.25) is 4.79 Å². The first-order chi connectivity index (χ1) is 8.58. The van der Waals surface area contributed by atoms with Crippen molar-refractivity contribution in [1.82, 2.24) is 10.2 Å². The second kappa shape index (κ2) is 7.20. The Bertz CT molecular complexity index is 288. The van der Waals surface area contributed by atoms with Gasteiger partial charge >= 0.3 is 6.09 Å². The summed E-state index contributed by atoms with van der Waals surface area (Å²) in [6, 6.07) is -0.325. The topological polar surface area (TPSA) is 84.7 Å². The molecule has 1 fully saturated rings. The lowest BCUT2D eigenvalue weighted by molar-refractivity contribution is -0.123. The van der Waals surface area contributed by atoms with Gasteiger partial charge in [0.1, 0.15) is 0 Å². The van der Waals surface area contributed by atoms with E-state index < -0.39 is 6.04 Å². The molecule has 0 unspecified atom stereocenters. The second-order valence-corrected chi connectivity index (χ2v) is 4.48. The van der Waals surface area contributed by atoms with Crippen LogP contribution in [0.4, 0.5) is 4.79 Å². The Hall–Kier alpha value is -1.30. The molecule has 6 heteroatoms. The molecule has 1 rings (SSSR count). The van der Waals surface area contributed by atoms with Crippen LogP contribution in [0.1, 0.15) is 33.1 Å². The van der Waals surface area contributed by atoms with Gasteiger partial charge in [0.2, 0.25) is 5.91 Å². The number of ether oxygens (including phenoxy) is 1. The molecular weight excluding hydrogens is 234 g/mol. The highest BCUT2D eigenvalue weighted by Gasteiger charge is 2.25. The summed E-state index contributed by atoms with van der Waals surface area (Å²) in [6.45, 7) is 5.29. The molecule has 3 N–H and O–H groups in total. The average molecular weight is 257 g/mol. The minimum absolute atomic E-state index is 0.105. The van der Waals surface area contributed by atoms with E-state index >= 15 is 0 Å². The quantitative estimate of drug-likeness (QED) is 0.766.